The Labute approximate surface area is 152 Å². The van der Waals surface area contributed by atoms with Crippen molar-refractivity contribution in [3.8, 4) is 11.5 Å². The van der Waals surface area contributed by atoms with Crippen LogP contribution in [0.4, 0.5) is 0 Å². The van der Waals surface area contributed by atoms with Gasteiger partial charge in [0.15, 0.2) is 17.6 Å². The van der Waals surface area contributed by atoms with Crippen LogP contribution in [0.1, 0.15) is 24.0 Å². The zero-order chi connectivity index (χ0) is 17.3. The molecule has 1 saturated heterocycles. The van der Waals surface area contributed by atoms with E-state index >= 15 is 0 Å². The Morgan fingerprint density at radius 2 is 1.79 bits per heavy atom. The van der Waals surface area contributed by atoms with Crippen LogP contribution < -0.4 is 20.1 Å². The van der Waals surface area contributed by atoms with E-state index in [2.05, 4.69) is 10.6 Å². The fraction of sp³-hybridized carbons (Fsp3) is 0.647. The molecule has 0 aliphatic carbocycles. The van der Waals surface area contributed by atoms with Crippen LogP contribution in [0.3, 0.4) is 0 Å². The first kappa shape index (κ1) is 18.1. The molecule has 2 aliphatic heterocycles. The molecule has 5 nitrogen and oxygen atoms in total. The van der Waals surface area contributed by atoms with Crippen LogP contribution in [0.15, 0.2) is 0 Å². The quantitative estimate of drug-likeness (QED) is 0.755. The molecule has 1 fully saturated rings. The molecule has 24 heavy (non-hydrogen) atoms. The fourth-order valence-corrected chi connectivity index (χ4v) is 3.63. The van der Waals surface area contributed by atoms with Crippen molar-refractivity contribution in [2.45, 2.75) is 44.9 Å². The van der Waals surface area contributed by atoms with Gasteiger partial charge in [0.2, 0.25) is 0 Å². The predicted octanol–water partition coefficient (Wildman–Crippen LogP) is 2.45. The van der Waals surface area contributed by atoms with E-state index in [-0.39, 0.29) is 0 Å². The van der Waals surface area contributed by atoms with Crippen LogP contribution in [-0.2, 0) is 0 Å². The molecule has 3 N–H and O–H groups in total. The smallest absolute Gasteiger partial charge is 0.166 e. The van der Waals surface area contributed by atoms with Gasteiger partial charge in [-0.1, -0.05) is 23.2 Å². The summed E-state index contributed by atoms with van der Waals surface area (Å²) in [6.45, 7) is 6.50. The van der Waals surface area contributed by atoms with Gasteiger partial charge in [0.1, 0.15) is 12.7 Å². The molecule has 1 aromatic carbocycles. The number of nitrogens with one attached hydrogen (secondary N) is 2. The summed E-state index contributed by atoms with van der Waals surface area (Å²) in [5, 5.41) is 18.2. The van der Waals surface area contributed by atoms with Crippen molar-refractivity contribution in [3.05, 3.63) is 21.2 Å². The molecule has 0 amide bonds. The summed E-state index contributed by atoms with van der Waals surface area (Å²) in [4.78, 5) is 0. The number of fused-ring (bicyclic) bond motifs is 1. The Balaban J connectivity index is 1.66. The maximum Gasteiger partial charge on any atom is 0.166 e. The number of halogens is 2. The summed E-state index contributed by atoms with van der Waals surface area (Å²) in [6.07, 6.45) is 1.07. The molecule has 2 unspecified atom stereocenters. The van der Waals surface area contributed by atoms with Gasteiger partial charge in [0.25, 0.3) is 0 Å². The number of ether oxygens (including phenoxy) is 2. The molecule has 2 atom stereocenters. The lowest BCUT2D eigenvalue weighted by Crippen LogP contribution is -2.49. The number of rotatable bonds is 4. The standard InChI is InChI=1S/C17H24Cl2N2O3/c1-9-14(18)15(19)10(2)17-16(9)23-8-13(24-17)12(22)7-21-11-3-5-20-6-4-11/h11-13,20-22H,3-8H2,1-2H3. The third-order valence-corrected chi connectivity index (χ3v) is 5.83. The summed E-state index contributed by atoms with van der Waals surface area (Å²) in [5.74, 6) is 1.20. The third-order valence-electron chi connectivity index (χ3n) is 4.78. The number of hydrogen-bond acceptors (Lipinski definition) is 5. The van der Waals surface area contributed by atoms with E-state index in [4.69, 9.17) is 32.7 Å². The monoisotopic (exact) mass is 374 g/mol. The lowest BCUT2D eigenvalue weighted by Gasteiger charge is -2.33. The highest BCUT2D eigenvalue weighted by Crippen LogP contribution is 2.46. The Morgan fingerprint density at radius 1 is 1.17 bits per heavy atom. The van der Waals surface area contributed by atoms with Gasteiger partial charge in [-0.25, -0.2) is 0 Å². The van der Waals surface area contributed by atoms with Crippen LogP contribution in [0, 0.1) is 13.8 Å². The average Bonchev–Trinajstić information content (AvgIpc) is 2.63. The summed E-state index contributed by atoms with van der Waals surface area (Å²) in [6, 6.07) is 0.440. The Hall–Kier alpha value is -0.720. The molecule has 134 valence electrons. The third kappa shape index (κ3) is 3.60. The molecule has 1 aromatic rings. The maximum absolute atomic E-state index is 10.5. The van der Waals surface area contributed by atoms with Crippen LogP contribution in [0.25, 0.3) is 0 Å². The van der Waals surface area contributed by atoms with Crippen LogP contribution in [0.2, 0.25) is 10.0 Å². The number of aliphatic hydroxyl groups excluding tert-OH is 1. The molecular formula is C17H24Cl2N2O3. The van der Waals surface area contributed by atoms with E-state index in [0.29, 0.717) is 40.7 Å². The Bertz CT molecular complexity index is 606. The van der Waals surface area contributed by atoms with Gasteiger partial charge in [-0.15, -0.1) is 0 Å². The molecular weight excluding hydrogens is 351 g/mol. The topological polar surface area (TPSA) is 62.8 Å². The number of hydrogen-bond donors (Lipinski definition) is 3. The molecule has 3 rings (SSSR count). The first-order valence-corrected chi connectivity index (χ1v) is 9.14. The molecule has 7 heteroatoms. The van der Waals surface area contributed by atoms with E-state index < -0.39 is 12.2 Å². The van der Waals surface area contributed by atoms with Crippen molar-refractivity contribution in [3.63, 3.8) is 0 Å². The van der Waals surface area contributed by atoms with E-state index in [9.17, 15) is 5.11 Å². The van der Waals surface area contributed by atoms with Gasteiger partial charge >= 0.3 is 0 Å². The fourth-order valence-electron chi connectivity index (χ4n) is 3.17. The van der Waals surface area contributed by atoms with Gasteiger partial charge in [-0.2, -0.15) is 0 Å². The van der Waals surface area contributed by atoms with Crippen molar-refractivity contribution in [1.29, 1.82) is 0 Å². The van der Waals surface area contributed by atoms with Gasteiger partial charge in [0, 0.05) is 23.7 Å². The van der Waals surface area contributed by atoms with E-state index in [1.807, 2.05) is 13.8 Å². The normalized spacial score (nSPS) is 22.5. The Morgan fingerprint density at radius 3 is 2.46 bits per heavy atom. The summed E-state index contributed by atoms with van der Waals surface area (Å²) in [7, 11) is 0. The molecule has 0 aromatic heterocycles. The zero-order valence-electron chi connectivity index (χ0n) is 14.0. The molecule has 0 radical (unpaired) electrons. The SMILES string of the molecule is Cc1c(Cl)c(Cl)c(C)c2c1OCC(C(O)CNC1CCNCC1)O2. The molecule has 2 aliphatic rings. The molecule has 2 heterocycles. The van der Waals surface area contributed by atoms with Crippen LogP contribution >= 0.6 is 23.2 Å². The highest BCUT2D eigenvalue weighted by atomic mass is 35.5. The van der Waals surface area contributed by atoms with Gasteiger partial charge in [0.05, 0.1) is 10.0 Å². The second-order valence-corrected chi connectivity index (χ2v) is 7.26. The summed E-state index contributed by atoms with van der Waals surface area (Å²) in [5.41, 5.74) is 1.51. The summed E-state index contributed by atoms with van der Waals surface area (Å²) < 4.78 is 11.8. The second-order valence-electron chi connectivity index (χ2n) is 6.50. The van der Waals surface area contributed by atoms with Crippen molar-refractivity contribution in [2.75, 3.05) is 26.2 Å². The van der Waals surface area contributed by atoms with E-state index in [1.165, 1.54) is 0 Å². The first-order chi connectivity index (χ1) is 11.5. The summed E-state index contributed by atoms with van der Waals surface area (Å²) >= 11 is 12.5. The average molecular weight is 375 g/mol. The maximum atomic E-state index is 10.5. The number of benzene rings is 1. The number of piperidine rings is 1. The Kier molecular flexibility index (Phi) is 5.78. The van der Waals surface area contributed by atoms with Crippen molar-refractivity contribution in [2.24, 2.45) is 0 Å². The molecule has 0 bridgehead atoms. The predicted molar refractivity (Wildman–Crippen MR) is 95.7 cm³/mol. The van der Waals surface area contributed by atoms with Gasteiger partial charge in [-0.3, -0.25) is 0 Å². The minimum Gasteiger partial charge on any atom is -0.485 e. The number of aliphatic hydroxyl groups is 1. The van der Waals surface area contributed by atoms with E-state index in [1.54, 1.807) is 0 Å². The van der Waals surface area contributed by atoms with Crippen LogP contribution in [0.5, 0.6) is 11.5 Å². The van der Waals surface area contributed by atoms with E-state index in [0.717, 1.165) is 37.1 Å². The largest absolute Gasteiger partial charge is 0.485 e. The van der Waals surface area contributed by atoms with Crippen molar-refractivity contribution >= 4 is 23.2 Å². The second kappa shape index (κ2) is 7.67. The molecule has 0 saturated carbocycles. The van der Waals surface area contributed by atoms with Crippen molar-refractivity contribution in [1.82, 2.24) is 10.6 Å². The first-order valence-electron chi connectivity index (χ1n) is 8.38. The zero-order valence-corrected chi connectivity index (χ0v) is 15.5. The minimum absolute atomic E-state index is 0.292. The highest BCUT2D eigenvalue weighted by molar-refractivity contribution is 6.43. The lowest BCUT2D eigenvalue weighted by atomic mass is 10.1. The molecule has 0 spiro atoms. The highest BCUT2D eigenvalue weighted by Gasteiger charge is 2.32. The minimum atomic E-state index is -0.651. The van der Waals surface area contributed by atoms with Gasteiger partial charge in [-0.05, 0) is 39.8 Å². The lowest BCUT2D eigenvalue weighted by molar-refractivity contribution is -0.0112. The van der Waals surface area contributed by atoms with Crippen molar-refractivity contribution < 1.29 is 14.6 Å². The van der Waals surface area contributed by atoms with Gasteiger partial charge < -0.3 is 25.2 Å². The van der Waals surface area contributed by atoms with Crippen LogP contribution in [-0.4, -0.2) is 49.6 Å².